The average molecular weight is 308 g/mol. The summed E-state index contributed by atoms with van der Waals surface area (Å²) < 4.78 is 10.0. The molecule has 0 bridgehead atoms. The molecule has 0 radical (unpaired) electrons. The van der Waals surface area contributed by atoms with Crippen LogP contribution in [0.5, 0.6) is 5.75 Å². The van der Waals surface area contributed by atoms with Crippen molar-refractivity contribution in [3.8, 4) is 5.75 Å². The number of hydrogen-bond acceptors (Lipinski definition) is 6. The van der Waals surface area contributed by atoms with Crippen LogP contribution < -0.4 is 4.74 Å². The SMILES string of the molecule is COc1ccc(/C=C/C(=O)O)c(CSc2ncns2)c1. The second-order valence-electron chi connectivity index (χ2n) is 3.73. The molecule has 0 aliphatic heterocycles. The number of nitrogens with zero attached hydrogens (tertiary/aromatic N) is 2. The zero-order valence-corrected chi connectivity index (χ0v) is 12.3. The third-order valence-electron chi connectivity index (χ3n) is 2.45. The highest BCUT2D eigenvalue weighted by molar-refractivity contribution is 8.00. The zero-order chi connectivity index (χ0) is 14.4. The fourth-order valence-electron chi connectivity index (χ4n) is 1.52. The molecule has 1 heterocycles. The van der Waals surface area contributed by atoms with Crippen LogP contribution in [0.4, 0.5) is 0 Å². The monoisotopic (exact) mass is 308 g/mol. The van der Waals surface area contributed by atoms with Gasteiger partial charge in [-0.15, -0.1) is 0 Å². The molecule has 7 heteroatoms. The van der Waals surface area contributed by atoms with Gasteiger partial charge in [0, 0.05) is 11.8 Å². The number of thioether (sulfide) groups is 1. The van der Waals surface area contributed by atoms with E-state index in [9.17, 15) is 4.79 Å². The van der Waals surface area contributed by atoms with Gasteiger partial charge in [0.25, 0.3) is 0 Å². The average Bonchev–Trinajstić information content (AvgIpc) is 2.96. The largest absolute Gasteiger partial charge is 0.497 e. The molecule has 5 nitrogen and oxygen atoms in total. The Hall–Kier alpha value is -1.86. The van der Waals surface area contributed by atoms with Gasteiger partial charge in [-0.05, 0) is 40.9 Å². The van der Waals surface area contributed by atoms with E-state index in [1.54, 1.807) is 31.0 Å². The summed E-state index contributed by atoms with van der Waals surface area (Å²) in [4.78, 5) is 14.7. The molecule has 0 aliphatic rings. The van der Waals surface area contributed by atoms with Gasteiger partial charge in [0.1, 0.15) is 12.1 Å². The first kappa shape index (κ1) is 14.5. The van der Waals surface area contributed by atoms with E-state index in [0.29, 0.717) is 5.75 Å². The second kappa shape index (κ2) is 7.06. The van der Waals surface area contributed by atoms with Gasteiger partial charge in [0.05, 0.1) is 7.11 Å². The highest BCUT2D eigenvalue weighted by atomic mass is 32.2. The van der Waals surface area contributed by atoms with Crippen LogP contribution in [0.3, 0.4) is 0 Å². The Kier molecular flexibility index (Phi) is 5.14. The third kappa shape index (κ3) is 4.07. The standard InChI is InChI=1S/C13H12N2O3S2/c1-18-11-4-2-9(3-5-12(16)17)10(6-11)7-19-13-14-8-15-20-13/h2-6,8H,7H2,1H3,(H,16,17)/b5-3+. The molecule has 0 unspecified atom stereocenters. The number of benzene rings is 1. The maximum absolute atomic E-state index is 10.6. The molecule has 1 N–H and O–H groups in total. The normalized spacial score (nSPS) is 10.8. The lowest BCUT2D eigenvalue weighted by atomic mass is 10.1. The molecule has 1 aromatic carbocycles. The Balaban J connectivity index is 2.20. The van der Waals surface area contributed by atoms with E-state index in [1.807, 2.05) is 12.1 Å². The number of ether oxygens (including phenoxy) is 1. The van der Waals surface area contributed by atoms with Gasteiger partial charge in [-0.25, -0.2) is 9.78 Å². The van der Waals surface area contributed by atoms with Crippen molar-refractivity contribution in [1.82, 2.24) is 9.36 Å². The van der Waals surface area contributed by atoms with Crippen LogP contribution in [0.25, 0.3) is 6.08 Å². The minimum Gasteiger partial charge on any atom is -0.497 e. The first-order chi connectivity index (χ1) is 9.69. The van der Waals surface area contributed by atoms with E-state index in [4.69, 9.17) is 9.84 Å². The molecule has 104 valence electrons. The summed E-state index contributed by atoms with van der Waals surface area (Å²) in [6.45, 7) is 0. The van der Waals surface area contributed by atoms with Crippen LogP contribution in [0.15, 0.2) is 34.9 Å². The topological polar surface area (TPSA) is 72.3 Å². The van der Waals surface area contributed by atoms with Crippen LogP contribution in [0, 0.1) is 0 Å². The van der Waals surface area contributed by atoms with Gasteiger partial charge in [-0.2, -0.15) is 4.37 Å². The van der Waals surface area contributed by atoms with Gasteiger partial charge < -0.3 is 9.84 Å². The van der Waals surface area contributed by atoms with Crippen LogP contribution >= 0.6 is 23.3 Å². The highest BCUT2D eigenvalue weighted by Gasteiger charge is 2.06. The van der Waals surface area contributed by atoms with Crippen LogP contribution in [0.1, 0.15) is 11.1 Å². The van der Waals surface area contributed by atoms with Crippen molar-refractivity contribution in [2.75, 3.05) is 7.11 Å². The number of methoxy groups -OCH3 is 1. The summed E-state index contributed by atoms with van der Waals surface area (Å²) in [5, 5.41) is 8.71. The van der Waals surface area contributed by atoms with Crippen molar-refractivity contribution in [2.45, 2.75) is 10.1 Å². The first-order valence-electron chi connectivity index (χ1n) is 5.66. The molecular weight excluding hydrogens is 296 g/mol. The number of hydrogen-bond donors (Lipinski definition) is 1. The molecule has 0 fully saturated rings. The maximum atomic E-state index is 10.6. The summed E-state index contributed by atoms with van der Waals surface area (Å²) in [5.74, 6) is 0.444. The number of rotatable bonds is 6. The quantitative estimate of drug-likeness (QED) is 0.653. The predicted molar refractivity (Wildman–Crippen MR) is 79.1 cm³/mol. The lowest BCUT2D eigenvalue weighted by Gasteiger charge is -2.07. The number of aliphatic carboxylic acids is 1. The summed E-state index contributed by atoms with van der Waals surface area (Å²) in [6, 6.07) is 5.55. The van der Waals surface area contributed by atoms with Crippen molar-refractivity contribution in [3.05, 3.63) is 41.7 Å². The molecule has 0 atom stereocenters. The Morgan fingerprint density at radius 2 is 2.40 bits per heavy atom. The first-order valence-corrected chi connectivity index (χ1v) is 7.42. The number of aromatic nitrogens is 2. The summed E-state index contributed by atoms with van der Waals surface area (Å²) in [5.41, 5.74) is 1.84. The summed E-state index contributed by atoms with van der Waals surface area (Å²) in [7, 11) is 1.60. The molecule has 0 saturated carbocycles. The van der Waals surface area contributed by atoms with Crippen molar-refractivity contribution < 1.29 is 14.6 Å². The van der Waals surface area contributed by atoms with E-state index in [2.05, 4.69) is 9.36 Å². The molecular formula is C13H12N2O3S2. The third-order valence-corrected chi connectivity index (χ3v) is 4.29. The molecule has 0 spiro atoms. The lowest BCUT2D eigenvalue weighted by molar-refractivity contribution is -0.131. The molecule has 2 rings (SSSR count). The molecule has 2 aromatic rings. The predicted octanol–water partition coefficient (Wildman–Crippen LogP) is 2.94. The second-order valence-corrected chi connectivity index (χ2v) is 5.73. The van der Waals surface area contributed by atoms with Crippen molar-refractivity contribution >= 4 is 35.3 Å². The van der Waals surface area contributed by atoms with E-state index >= 15 is 0 Å². The number of carboxylic acid groups (broad SMARTS) is 1. The highest BCUT2D eigenvalue weighted by Crippen LogP contribution is 2.28. The van der Waals surface area contributed by atoms with Crippen LogP contribution in [-0.4, -0.2) is 27.5 Å². The Morgan fingerprint density at radius 3 is 3.05 bits per heavy atom. The summed E-state index contributed by atoms with van der Waals surface area (Å²) in [6.07, 6.45) is 4.22. The Bertz CT molecular complexity index is 612. The Morgan fingerprint density at radius 1 is 1.55 bits per heavy atom. The minimum absolute atomic E-state index is 0.672. The van der Waals surface area contributed by atoms with Gasteiger partial charge in [0.15, 0.2) is 4.34 Å². The number of carbonyl (C=O) groups is 1. The van der Waals surface area contributed by atoms with E-state index < -0.39 is 5.97 Å². The van der Waals surface area contributed by atoms with Crippen molar-refractivity contribution in [3.63, 3.8) is 0 Å². The van der Waals surface area contributed by atoms with Crippen LogP contribution in [0.2, 0.25) is 0 Å². The molecule has 20 heavy (non-hydrogen) atoms. The van der Waals surface area contributed by atoms with Crippen molar-refractivity contribution in [2.24, 2.45) is 0 Å². The number of carboxylic acids is 1. The maximum Gasteiger partial charge on any atom is 0.328 e. The fraction of sp³-hybridized carbons (Fsp3) is 0.154. The zero-order valence-electron chi connectivity index (χ0n) is 10.6. The molecule has 0 aliphatic carbocycles. The van der Waals surface area contributed by atoms with Gasteiger partial charge in [-0.1, -0.05) is 17.8 Å². The smallest absolute Gasteiger partial charge is 0.328 e. The van der Waals surface area contributed by atoms with E-state index in [0.717, 1.165) is 27.3 Å². The lowest BCUT2D eigenvalue weighted by Crippen LogP contribution is -1.92. The van der Waals surface area contributed by atoms with Gasteiger partial charge >= 0.3 is 5.97 Å². The van der Waals surface area contributed by atoms with E-state index in [1.165, 1.54) is 17.9 Å². The van der Waals surface area contributed by atoms with Crippen LogP contribution in [-0.2, 0) is 10.5 Å². The molecule has 0 saturated heterocycles. The van der Waals surface area contributed by atoms with Crippen molar-refractivity contribution in [1.29, 1.82) is 0 Å². The van der Waals surface area contributed by atoms with E-state index in [-0.39, 0.29) is 0 Å². The Labute approximate surface area is 124 Å². The molecule has 1 aromatic heterocycles. The fourth-order valence-corrected chi connectivity index (χ4v) is 2.97. The summed E-state index contributed by atoms with van der Waals surface area (Å²) >= 11 is 2.89. The van der Waals surface area contributed by atoms with Gasteiger partial charge in [-0.3, -0.25) is 0 Å². The molecule has 0 amide bonds. The minimum atomic E-state index is -0.969. The van der Waals surface area contributed by atoms with Gasteiger partial charge in [0.2, 0.25) is 0 Å².